The van der Waals surface area contributed by atoms with Gasteiger partial charge in [0.1, 0.15) is 12.4 Å². The molecule has 2 aromatic rings. The van der Waals surface area contributed by atoms with E-state index in [0.29, 0.717) is 18.7 Å². The Kier molecular flexibility index (Phi) is 6.76. The number of ether oxygens (including phenoxy) is 1. The van der Waals surface area contributed by atoms with Crippen LogP contribution in [-0.2, 0) is 16.4 Å². The maximum absolute atomic E-state index is 12.1. The van der Waals surface area contributed by atoms with Gasteiger partial charge in [0.25, 0.3) is 5.91 Å². The molecule has 0 radical (unpaired) electrons. The van der Waals surface area contributed by atoms with Crippen LogP contribution in [0.2, 0.25) is 0 Å². The summed E-state index contributed by atoms with van der Waals surface area (Å²) in [5.41, 5.74) is 1.59. The molecule has 0 unspecified atom stereocenters. The van der Waals surface area contributed by atoms with Crippen LogP contribution < -0.4 is 10.1 Å². The second-order valence-corrected chi connectivity index (χ2v) is 8.07. The van der Waals surface area contributed by atoms with Gasteiger partial charge in [0.15, 0.2) is 0 Å². The summed E-state index contributed by atoms with van der Waals surface area (Å²) in [5.74, 6) is 0.501. The molecule has 0 saturated heterocycles. The van der Waals surface area contributed by atoms with Crippen molar-refractivity contribution in [2.24, 2.45) is 0 Å². The van der Waals surface area contributed by atoms with E-state index in [0.717, 1.165) is 16.5 Å². The van der Waals surface area contributed by atoms with Gasteiger partial charge in [-0.25, -0.2) is 12.7 Å². The number of carbonyl (C=O) groups excluding carboxylic acids is 1. The molecule has 2 aromatic carbocycles. The van der Waals surface area contributed by atoms with E-state index in [1.54, 1.807) is 0 Å². The first-order valence-corrected chi connectivity index (χ1v) is 9.81. The molecule has 0 heterocycles. The average Bonchev–Trinajstić information content (AvgIpc) is 2.65. The number of sulfonamides is 1. The third-order valence-electron chi connectivity index (χ3n) is 3.86. The van der Waals surface area contributed by atoms with Crippen molar-refractivity contribution >= 4 is 15.9 Å². The molecule has 0 aliphatic carbocycles. The minimum Gasteiger partial charge on any atom is -0.492 e. The van der Waals surface area contributed by atoms with Crippen LogP contribution in [-0.4, -0.2) is 45.9 Å². The molecule has 2 rings (SSSR count). The van der Waals surface area contributed by atoms with Crippen LogP contribution in [0.5, 0.6) is 5.75 Å². The molecule has 140 valence electrons. The first-order chi connectivity index (χ1) is 12.3. The number of carbonyl (C=O) groups is 1. The Bertz CT molecular complexity index is 846. The molecule has 0 aliphatic rings. The van der Waals surface area contributed by atoms with Crippen LogP contribution in [0.4, 0.5) is 0 Å². The molecule has 0 aromatic heterocycles. The molecule has 0 aliphatic heterocycles. The maximum Gasteiger partial charge on any atom is 0.251 e. The van der Waals surface area contributed by atoms with Crippen molar-refractivity contribution in [3.8, 4) is 5.75 Å². The fraction of sp³-hybridized carbons (Fsp3) is 0.316. The number of amides is 1. The fourth-order valence-corrected chi connectivity index (χ4v) is 3.18. The molecule has 26 heavy (non-hydrogen) atoms. The Morgan fingerprint density at radius 2 is 1.81 bits per heavy atom. The molecule has 0 saturated carbocycles. The quantitative estimate of drug-likeness (QED) is 0.718. The largest absolute Gasteiger partial charge is 0.492 e. The molecule has 1 amide bonds. The zero-order valence-corrected chi connectivity index (χ0v) is 16.0. The summed E-state index contributed by atoms with van der Waals surface area (Å²) in [4.78, 5) is 12.3. The van der Waals surface area contributed by atoms with E-state index in [1.165, 1.54) is 43.9 Å². The Labute approximate surface area is 154 Å². The smallest absolute Gasteiger partial charge is 0.251 e. The molecular formula is C19H24N2O4S. The Morgan fingerprint density at radius 3 is 2.42 bits per heavy atom. The summed E-state index contributed by atoms with van der Waals surface area (Å²) in [7, 11) is -0.566. The van der Waals surface area contributed by atoms with Crippen molar-refractivity contribution in [1.29, 1.82) is 0 Å². The van der Waals surface area contributed by atoms with Gasteiger partial charge < -0.3 is 10.1 Å². The van der Waals surface area contributed by atoms with E-state index < -0.39 is 10.0 Å². The van der Waals surface area contributed by atoms with Gasteiger partial charge in [-0.15, -0.1) is 0 Å². The third kappa shape index (κ3) is 5.06. The molecule has 7 heteroatoms. The van der Waals surface area contributed by atoms with Gasteiger partial charge in [-0.2, -0.15) is 0 Å². The molecule has 6 nitrogen and oxygen atoms in total. The zero-order chi connectivity index (χ0) is 19.2. The minimum absolute atomic E-state index is 0.151. The number of benzene rings is 2. The van der Waals surface area contributed by atoms with Crippen molar-refractivity contribution in [3.05, 3.63) is 59.7 Å². The van der Waals surface area contributed by atoms with Gasteiger partial charge >= 0.3 is 0 Å². The second-order valence-electron chi connectivity index (χ2n) is 5.92. The van der Waals surface area contributed by atoms with Crippen LogP contribution in [0.25, 0.3) is 0 Å². The maximum atomic E-state index is 12.1. The second kappa shape index (κ2) is 8.82. The van der Waals surface area contributed by atoms with E-state index in [9.17, 15) is 13.2 Å². The molecule has 0 atom stereocenters. The molecule has 1 N–H and O–H groups in total. The van der Waals surface area contributed by atoms with Crippen molar-refractivity contribution in [1.82, 2.24) is 9.62 Å². The van der Waals surface area contributed by atoms with Gasteiger partial charge in [0.05, 0.1) is 11.4 Å². The van der Waals surface area contributed by atoms with Crippen molar-refractivity contribution in [3.63, 3.8) is 0 Å². The monoisotopic (exact) mass is 376 g/mol. The van der Waals surface area contributed by atoms with E-state index in [-0.39, 0.29) is 10.8 Å². The first kappa shape index (κ1) is 19.9. The summed E-state index contributed by atoms with van der Waals surface area (Å²) >= 11 is 0. The van der Waals surface area contributed by atoms with Crippen LogP contribution >= 0.6 is 0 Å². The number of aryl methyl sites for hydroxylation is 1. The molecule has 0 fully saturated rings. The number of nitrogens with zero attached hydrogens (tertiary/aromatic N) is 1. The summed E-state index contributed by atoms with van der Waals surface area (Å²) in [5, 5.41) is 2.75. The lowest BCUT2D eigenvalue weighted by atomic mass is 10.2. The summed E-state index contributed by atoms with van der Waals surface area (Å²) in [6, 6.07) is 13.7. The molecule has 0 bridgehead atoms. The SMILES string of the molecule is CCc1cccc(OCCNC(=O)c2ccc(S(=O)(=O)N(C)C)cc2)c1. The third-order valence-corrected chi connectivity index (χ3v) is 5.69. The van der Waals surface area contributed by atoms with Crippen LogP contribution in [0.15, 0.2) is 53.4 Å². The normalized spacial score (nSPS) is 11.4. The number of hydrogen-bond acceptors (Lipinski definition) is 4. The van der Waals surface area contributed by atoms with Crippen molar-refractivity contribution in [2.75, 3.05) is 27.2 Å². The van der Waals surface area contributed by atoms with Gasteiger partial charge in [-0.05, 0) is 48.4 Å². The summed E-state index contributed by atoms with van der Waals surface area (Å²) in [6.07, 6.45) is 0.938. The van der Waals surface area contributed by atoms with Crippen molar-refractivity contribution in [2.45, 2.75) is 18.2 Å². The Balaban J connectivity index is 1.86. The number of hydrogen-bond donors (Lipinski definition) is 1. The van der Waals surface area contributed by atoms with Gasteiger partial charge in [0, 0.05) is 19.7 Å². The lowest BCUT2D eigenvalue weighted by Crippen LogP contribution is -2.28. The number of rotatable bonds is 8. The van der Waals surface area contributed by atoms with Crippen LogP contribution in [0.1, 0.15) is 22.8 Å². The minimum atomic E-state index is -3.50. The predicted octanol–water partition coefficient (Wildman–Crippen LogP) is 2.31. The predicted molar refractivity (Wildman–Crippen MR) is 101 cm³/mol. The lowest BCUT2D eigenvalue weighted by molar-refractivity contribution is 0.0947. The van der Waals surface area contributed by atoms with Gasteiger partial charge in [-0.1, -0.05) is 19.1 Å². The lowest BCUT2D eigenvalue weighted by Gasteiger charge is -2.12. The zero-order valence-electron chi connectivity index (χ0n) is 15.2. The van der Waals surface area contributed by atoms with Crippen LogP contribution in [0.3, 0.4) is 0 Å². The topological polar surface area (TPSA) is 75.7 Å². The van der Waals surface area contributed by atoms with E-state index in [4.69, 9.17) is 4.74 Å². The van der Waals surface area contributed by atoms with E-state index >= 15 is 0 Å². The standard InChI is InChI=1S/C19H24N2O4S/c1-4-15-6-5-7-17(14-15)25-13-12-20-19(22)16-8-10-18(11-9-16)26(23,24)21(2)3/h5-11,14H,4,12-13H2,1-3H3,(H,20,22). The Morgan fingerprint density at radius 1 is 1.12 bits per heavy atom. The van der Waals surface area contributed by atoms with Gasteiger partial charge in [0.2, 0.25) is 10.0 Å². The summed E-state index contributed by atoms with van der Waals surface area (Å²) in [6.45, 7) is 2.79. The van der Waals surface area contributed by atoms with Crippen LogP contribution in [0, 0.1) is 0 Å². The van der Waals surface area contributed by atoms with Gasteiger partial charge in [-0.3, -0.25) is 4.79 Å². The molecular weight excluding hydrogens is 352 g/mol. The van der Waals surface area contributed by atoms with E-state index in [2.05, 4.69) is 12.2 Å². The number of nitrogens with one attached hydrogen (secondary N) is 1. The fourth-order valence-electron chi connectivity index (χ4n) is 2.28. The Hall–Kier alpha value is -2.38. The average molecular weight is 376 g/mol. The summed E-state index contributed by atoms with van der Waals surface area (Å²) < 4.78 is 30.8. The highest BCUT2D eigenvalue weighted by Gasteiger charge is 2.17. The highest BCUT2D eigenvalue weighted by molar-refractivity contribution is 7.89. The van der Waals surface area contributed by atoms with E-state index in [1.807, 2.05) is 24.3 Å². The first-order valence-electron chi connectivity index (χ1n) is 8.37. The highest BCUT2D eigenvalue weighted by atomic mass is 32.2. The highest BCUT2D eigenvalue weighted by Crippen LogP contribution is 2.14. The molecule has 0 spiro atoms. The van der Waals surface area contributed by atoms with Crippen molar-refractivity contribution < 1.29 is 17.9 Å².